The number of likely N-dealkylation sites (tertiary alicyclic amines) is 1. The molecule has 0 bridgehead atoms. The van der Waals surface area contributed by atoms with Crippen LogP contribution in [0.2, 0.25) is 0 Å². The number of piperidine rings is 1. The molecule has 1 saturated heterocycles. The lowest BCUT2D eigenvalue weighted by Crippen LogP contribution is -2.45. The molecule has 2 fully saturated rings. The van der Waals surface area contributed by atoms with Gasteiger partial charge < -0.3 is 15.0 Å². The van der Waals surface area contributed by atoms with Crippen molar-refractivity contribution < 1.29 is 13.9 Å². The van der Waals surface area contributed by atoms with Crippen LogP contribution in [-0.4, -0.2) is 43.6 Å². The number of hydrogen-bond acceptors (Lipinski definition) is 3. The molecule has 4 nitrogen and oxygen atoms in total. The number of methoxy groups -OCH3 is 1. The van der Waals surface area contributed by atoms with Gasteiger partial charge in [0, 0.05) is 19.1 Å². The zero-order valence-electron chi connectivity index (χ0n) is 14.1. The average Bonchev–Trinajstić information content (AvgIpc) is 3.38. The van der Waals surface area contributed by atoms with Crippen molar-refractivity contribution in [3.05, 3.63) is 29.6 Å². The van der Waals surface area contributed by atoms with Crippen molar-refractivity contribution >= 4 is 18.3 Å². The van der Waals surface area contributed by atoms with E-state index >= 15 is 0 Å². The molecule has 134 valence electrons. The maximum absolute atomic E-state index is 13.7. The number of carbonyl (C=O) groups is 1. The van der Waals surface area contributed by atoms with Crippen molar-refractivity contribution in [1.82, 2.24) is 10.2 Å². The van der Waals surface area contributed by atoms with Gasteiger partial charge in [-0.1, -0.05) is 6.07 Å². The van der Waals surface area contributed by atoms with Gasteiger partial charge >= 0.3 is 0 Å². The third-order valence-electron chi connectivity index (χ3n) is 4.81. The Morgan fingerprint density at radius 2 is 2.00 bits per heavy atom. The highest BCUT2D eigenvalue weighted by Gasteiger charge is 2.26. The summed E-state index contributed by atoms with van der Waals surface area (Å²) in [5.41, 5.74) is 0.697. The Labute approximate surface area is 149 Å². The molecule has 2 aliphatic rings. The molecule has 6 heteroatoms. The number of hydrogen-bond donors (Lipinski definition) is 1. The fraction of sp³-hybridized carbons (Fsp3) is 0.611. The van der Waals surface area contributed by atoms with Crippen molar-refractivity contribution in [2.24, 2.45) is 5.92 Å². The lowest BCUT2D eigenvalue weighted by molar-refractivity contribution is -0.131. The minimum Gasteiger partial charge on any atom is -0.494 e. The monoisotopic (exact) mass is 356 g/mol. The van der Waals surface area contributed by atoms with Crippen LogP contribution >= 0.6 is 12.4 Å². The maximum Gasteiger partial charge on any atom is 0.226 e. The summed E-state index contributed by atoms with van der Waals surface area (Å²) in [6, 6.07) is 5.26. The largest absolute Gasteiger partial charge is 0.494 e. The smallest absolute Gasteiger partial charge is 0.226 e. The molecule has 24 heavy (non-hydrogen) atoms. The summed E-state index contributed by atoms with van der Waals surface area (Å²) < 4.78 is 18.6. The first-order valence-corrected chi connectivity index (χ1v) is 8.49. The van der Waals surface area contributed by atoms with Crippen LogP contribution in [0.1, 0.15) is 31.2 Å². The molecule has 3 rings (SSSR count). The zero-order chi connectivity index (χ0) is 16.2. The number of rotatable bonds is 6. The SMILES string of the molecule is COc1ccc(CC(=O)N2CCC(NCC3CC3)CC2)cc1F.Cl. The van der Waals surface area contributed by atoms with Crippen LogP contribution in [0.3, 0.4) is 0 Å². The number of carbonyl (C=O) groups excluding carboxylic acids is 1. The van der Waals surface area contributed by atoms with E-state index in [9.17, 15) is 9.18 Å². The van der Waals surface area contributed by atoms with Crippen LogP contribution in [0.15, 0.2) is 18.2 Å². The number of halogens is 2. The third-order valence-corrected chi connectivity index (χ3v) is 4.81. The molecule has 0 spiro atoms. The molecule has 0 radical (unpaired) electrons. The van der Waals surface area contributed by atoms with Gasteiger partial charge in [-0.3, -0.25) is 4.79 Å². The summed E-state index contributed by atoms with van der Waals surface area (Å²) >= 11 is 0. The molecular weight excluding hydrogens is 331 g/mol. The number of amides is 1. The molecule has 1 heterocycles. The second kappa shape index (κ2) is 8.67. The number of ether oxygens (including phenoxy) is 1. The van der Waals surface area contributed by atoms with E-state index in [0.717, 1.165) is 38.4 Å². The van der Waals surface area contributed by atoms with Crippen LogP contribution in [0.5, 0.6) is 5.75 Å². The van der Waals surface area contributed by atoms with Crippen molar-refractivity contribution in [2.75, 3.05) is 26.7 Å². The van der Waals surface area contributed by atoms with Crippen LogP contribution in [0, 0.1) is 11.7 Å². The standard InChI is InChI=1S/C18H25FN2O2.ClH/c1-23-17-5-4-14(10-16(17)19)11-18(22)21-8-6-15(7-9-21)20-12-13-2-3-13;/h4-5,10,13,15,20H,2-3,6-9,11-12H2,1H3;1H. The third kappa shape index (κ3) is 5.08. The van der Waals surface area contributed by atoms with Gasteiger partial charge in [-0.05, 0) is 55.8 Å². The summed E-state index contributed by atoms with van der Waals surface area (Å²) in [7, 11) is 1.44. The van der Waals surface area contributed by atoms with Crippen molar-refractivity contribution in [1.29, 1.82) is 0 Å². The van der Waals surface area contributed by atoms with Gasteiger partial charge in [-0.25, -0.2) is 4.39 Å². The fourth-order valence-corrected chi connectivity index (χ4v) is 3.09. The lowest BCUT2D eigenvalue weighted by Gasteiger charge is -2.32. The van der Waals surface area contributed by atoms with E-state index in [4.69, 9.17) is 4.74 Å². The molecule has 1 saturated carbocycles. The molecule has 1 amide bonds. The lowest BCUT2D eigenvalue weighted by atomic mass is 10.0. The Balaban J connectivity index is 0.00000208. The van der Waals surface area contributed by atoms with E-state index < -0.39 is 5.82 Å². The Morgan fingerprint density at radius 3 is 2.58 bits per heavy atom. The number of nitrogens with one attached hydrogen (secondary N) is 1. The van der Waals surface area contributed by atoms with Gasteiger partial charge in [0.05, 0.1) is 13.5 Å². The molecule has 1 aromatic carbocycles. The van der Waals surface area contributed by atoms with E-state index in [1.165, 1.54) is 26.0 Å². The summed E-state index contributed by atoms with van der Waals surface area (Å²) in [5, 5.41) is 3.61. The zero-order valence-corrected chi connectivity index (χ0v) is 14.9. The second-order valence-electron chi connectivity index (χ2n) is 6.65. The first-order chi connectivity index (χ1) is 11.2. The Hall–Kier alpha value is -1.33. The topological polar surface area (TPSA) is 41.6 Å². The molecular formula is C18H26ClFN2O2. The van der Waals surface area contributed by atoms with Gasteiger partial charge in [-0.2, -0.15) is 0 Å². The number of nitrogens with zero attached hydrogens (tertiary/aromatic N) is 1. The maximum atomic E-state index is 13.7. The predicted molar refractivity (Wildman–Crippen MR) is 94.2 cm³/mol. The van der Waals surface area contributed by atoms with Gasteiger partial charge in [0.1, 0.15) is 0 Å². The normalized spacial score (nSPS) is 18.2. The minimum absolute atomic E-state index is 0. The average molecular weight is 357 g/mol. The van der Waals surface area contributed by atoms with E-state index in [2.05, 4.69) is 5.32 Å². The highest BCUT2D eigenvalue weighted by Crippen LogP contribution is 2.28. The second-order valence-corrected chi connectivity index (χ2v) is 6.65. The fourth-order valence-electron chi connectivity index (χ4n) is 3.09. The molecule has 0 atom stereocenters. The first-order valence-electron chi connectivity index (χ1n) is 8.49. The molecule has 0 aromatic heterocycles. The van der Waals surface area contributed by atoms with Crippen LogP contribution in [-0.2, 0) is 11.2 Å². The van der Waals surface area contributed by atoms with Crippen LogP contribution in [0.25, 0.3) is 0 Å². The summed E-state index contributed by atoms with van der Waals surface area (Å²) in [4.78, 5) is 14.3. The van der Waals surface area contributed by atoms with Gasteiger partial charge in [0.25, 0.3) is 0 Å². The van der Waals surface area contributed by atoms with Crippen molar-refractivity contribution in [2.45, 2.75) is 38.1 Å². The van der Waals surface area contributed by atoms with Crippen molar-refractivity contribution in [3.63, 3.8) is 0 Å². The van der Waals surface area contributed by atoms with Gasteiger partial charge in [0.15, 0.2) is 11.6 Å². The van der Waals surface area contributed by atoms with E-state index in [1.54, 1.807) is 12.1 Å². The molecule has 1 N–H and O–H groups in total. The molecule has 1 aliphatic heterocycles. The Bertz CT molecular complexity index is 558. The summed E-state index contributed by atoms with van der Waals surface area (Å²) in [5.74, 6) is 0.763. The highest BCUT2D eigenvalue weighted by atomic mass is 35.5. The summed E-state index contributed by atoms with van der Waals surface area (Å²) in [6.45, 7) is 2.71. The van der Waals surface area contributed by atoms with Crippen LogP contribution in [0.4, 0.5) is 4.39 Å². The summed E-state index contributed by atoms with van der Waals surface area (Å²) in [6.07, 6.45) is 5.00. The van der Waals surface area contributed by atoms with E-state index in [1.807, 2.05) is 4.90 Å². The quantitative estimate of drug-likeness (QED) is 0.852. The van der Waals surface area contributed by atoms with E-state index in [0.29, 0.717) is 11.6 Å². The first kappa shape index (κ1) is 19.0. The van der Waals surface area contributed by atoms with Gasteiger partial charge in [0.2, 0.25) is 5.91 Å². The Morgan fingerprint density at radius 1 is 1.29 bits per heavy atom. The number of benzene rings is 1. The van der Waals surface area contributed by atoms with E-state index in [-0.39, 0.29) is 30.5 Å². The molecule has 0 unspecified atom stereocenters. The highest BCUT2D eigenvalue weighted by molar-refractivity contribution is 5.85. The Kier molecular flexibility index (Phi) is 6.87. The minimum atomic E-state index is -0.416. The van der Waals surface area contributed by atoms with Gasteiger partial charge in [-0.15, -0.1) is 12.4 Å². The predicted octanol–water partition coefficient (Wildman–Crippen LogP) is 2.79. The molecule has 1 aliphatic carbocycles. The molecule has 1 aromatic rings. The van der Waals surface area contributed by atoms with Crippen LogP contribution < -0.4 is 10.1 Å². The van der Waals surface area contributed by atoms with Crippen molar-refractivity contribution in [3.8, 4) is 5.75 Å².